The van der Waals surface area contributed by atoms with Gasteiger partial charge in [0.1, 0.15) is 23.1 Å². The number of H-pyrrole nitrogens is 1. The predicted molar refractivity (Wildman–Crippen MR) is 137 cm³/mol. The van der Waals surface area contributed by atoms with E-state index in [0.717, 1.165) is 16.5 Å². The summed E-state index contributed by atoms with van der Waals surface area (Å²) in [6, 6.07) is 17.0. The predicted octanol–water partition coefficient (Wildman–Crippen LogP) is 4.99. The van der Waals surface area contributed by atoms with Crippen LogP contribution in [0, 0.1) is 5.82 Å². The second kappa shape index (κ2) is 9.81. The summed E-state index contributed by atoms with van der Waals surface area (Å²) >= 11 is 0. The first-order valence-electron chi connectivity index (χ1n) is 11.7. The number of aliphatic hydroxyl groups excluding tert-OH is 1. The third kappa shape index (κ3) is 4.42. The van der Waals surface area contributed by atoms with Gasteiger partial charge < -0.3 is 24.5 Å². The molecule has 0 aliphatic carbocycles. The van der Waals surface area contributed by atoms with E-state index >= 15 is 0 Å². The number of aromatic nitrogens is 1. The number of hydrogen-bond acceptors (Lipinski definition) is 5. The Morgan fingerprint density at radius 3 is 2.32 bits per heavy atom. The summed E-state index contributed by atoms with van der Waals surface area (Å²) in [5.74, 6) is -0.985. The number of carbonyl (C=O) groups excluding carboxylic acids is 2. The van der Waals surface area contributed by atoms with Gasteiger partial charge in [-0.1, -0.05) is 12.1 Å². The van der Waals surface area contributed by atoms with E-state index in [2.05, 4.69) is 4.98 Å². The van der Waals surface area contributed by atoms with Crippen LogP contribution < -0.4 is 9.47 Å². The highest BCUT2D eigenvalue weighted by Crippen LogP contribution is 2.40. The maximum Gasteiger partial charge on any atom is 0.295 e. The molecule has 0 spiro atoms. The van der Waals surface area contributed by atoms with Crippen LogP contribution in [0.3, 0.4) is 0 Å². The van der Waals surface area contributed by atoms with Gasteiger partial charge in [0, 0.05) is 29.2 Å². The first kappa shape index (κ1) is 24.1. The van der Waals surface area contributed by atoms with Gasteiger partial charge in [-0.15, -0.1) is 0 Å². The number of amides is 1. The molecule has 0 unspecified atom stereocenters. The fourth-order valence-corrected chi connectivity index (χ4v) is 4.74. The van der Waals surface area contributed by atoms with E-state index in [9.17, 15) is 19.1 Å². The number of nitrogens with zero attached hydrogens (tertiary/aromatic N) is 1. The number of carbonyl (C=O) groups is 2. The fourth-order valence-electron chi connectivity index (χ4n) is 4.74. The van der Waals surface area contributed by atoms with E-state index in [-0.39, 0.29) is 23.4 Å². The molecule has 2 heterocycles. The number of nitrogens with one attached hydrogen (secondary N) is 1. The lowest BCUT2D eigenvalue weighted by atomic mass is 9.95. The SMILES string of the molecule is COc1ccc([C@H]2C(=C(O)c3ccc(F)cc3)C(=O)C(=O)N2CCc2c[nH]c3ccc(OC)cc23)cc1. The number of ether oxygens (including phenoxy) is 2. The van der Waals surface area contributed by atoms with Crippen LogP contribution >= 0.6 is 0 Å². The molecular formula is C29H25FN2O5. The zero-order valence-electron chi connectivity index (χ0n) is 20.3. The number of hydrogen-bond donors (Lipinski definition) is 2. The summed E-state index contributed by atoms with van der Waals surface area (Å²) in [6.07, 6.45) is 2.34. The second-order valence-electron chi connectivity index (χ2n) is 8.75. The maximum atomic E-state index is 13.5. The van der Waals surface area contributed by atoms with Crippen LogP contribution in [0.1, 0.15) is 22.7 Å². The van der Waals surface area contributed by atoms with E-state index in [1.165, 1.54) is 29.2 Å². The highest BCUT2D eigenvalue weighted by molar-refractivity contribution is 6.46. The smallest absolute Gasteiger partial charge is 0.295 e. The maximum absolute atomic E-state index is 13.5. The van der Waals surface area contributed by atoms with E-state index < -0.39 is 23.5 Å². The molecule has 1 amide bonds. The first-order valence-corrected chi connectivity index (χ1v) is 11.7. The largest absolute Gasteiger partial charge is 0.507 e. The number of halogens is 1. The van der Waals surface area contributed by atoms with E-state index in [1.54, 1.807) is 38.5 Å². The summed E-state index contributed by atoms with van der Waals surface area (Å²) in [4.78, 5) is 31.2. The average molecular weight is 501 g/mol. The Morgan fingerprint density at radius 1 is 0.973 bits per heavy atom. The lowest BCUT2D eigenvalue weighted by molar-refractivity contribution is -0.139. The average Bonchev–Trinajstić information content (AvgIpc) is 3.44. The zero-order valence-corrected chi connectivity index (χ0v) is 20.3. The van der Waals surface area contributed by atoms with Crippen LogP contribution in [-0.4, -0.2) is 47.4 Å². The van der Waals surface area contributed by atoms with Crippen LogP contribution in [0.2, 0.25) is 0 Å². The molecule has 4 aromatic rings. The summed E-state index contributed by atoms with van der Waals surface area (Å²) in [7, 11) is 3.15. The molecule has 2 N–H and O–H groups in total. The summed E-state index contributed by atoms with van der Waals surface area (Å²) in [6.45, 7) is 0.228. The molecule has 7 nitrogen and oxygen atoms in total. The zero-order chi connectivity index (χ0) is 26.1. The van der Waals surface area contributed by atoms with E-state index in [0.29, 0.717) is 23.5 Å². The van der Waals surface area contributed by atoms with Crippen molar-refractivity contribution >= 4 is 28.4 Å². The Morgan fingerprint density at radius 2 is 1.65 bits per heavy atom. The van der Waals surface area contributed by atoms with Gasteiger partial charge in [-0.25, -0.2) is 4.39 Å². The monoisotopic (exact) mass is 500 g/mol. The van der Waals surface area contributed by atoms with Crippen LogP contribution in [0.15, 0.2) is 78.5 Å². The lowest BCUT2D eigenvalue weighted by Gasteiger charge is -2.25. The highest BCUT2D eigenvalue weighted by Gasteiger charge is 2.45. The molecule has 1 aromatic heterocycles. The number of aliphatic hydroxyl groups is 1. The number of benzene rings is 3. The molecule has 188 valence electrons. The number of likely N-dealkylation sites (tertiary alicyclic amines) is 1. The quantitative estimate of drug-likeness (QED) is 0.212. The van der Waals surface area contributed by atoms with E-state index in [1.807, 2.05) is 24.4 Å². The molecule has 1 aliphatic rings. The fraction of sp³-hybridized carbons (Fsp3) is 0.172. The molecule has 8 heteroatoms. The van der Waals surface area contributed by atoms with Crippen LogP contribution in [0.4, 0.5) is 4.39 Å². The molecule has 1 fully saturated rings. The van der Waals surface area contributed by atoms with Crippen molar-refractivity contribution in [2.24, 2.45) is 0 Å². The molecule has 0 bridgehead atoms. The van der Waals surface area contributed by atoms with E-state index in [4.69, 9.17) is 9.47 Å². The molecule has 5 rings (SSSR count). The minimum atomic E-state index is -0.823. The van der Waals surface area contributed by atoms with Gasteiger partial charge in [0.15, 0.2) is 0 Å². The minimum absolute atomic E-state index is 0.0395. The molecule has 3 aromatic carbocycles. The van der Waals surface area contributed by atoms with Crippen molar-refractivity contribution in [2.75, 3.05) is 20.8 Å². The second-order valence-corrected chi connectivity index (χ2v) is 8.75. The van der Waals surface area contributed by atoms with Crippen molar-refractivity contribution in [2.45, 2.75) is 12.5 Å². The number of rotatable bonds is 7. The van der Waals surface area contributed by atoms with Crippen molar-refractivity contribution in [3.05, 3.63) is 101 Å². The Balaban J connectivity index is 1.55. The highest BCUT2D eigenvalue weighted by atomic mass is 19.1. The van der Waals surface area contributed by atoms with Crippen molar-refractivity contribution in [3.63, 3.8) is 0 Å². The number of fused-ring (bicyclic) bond motifs is 1. The van der Waals surface area contributed by atoms with Gasteiger partial charge in [0.2, 0.25) is 0 Å². The van der Waals surface area contributed by atoms with Gasteiger partial charge >= 0.3 is 0 Å². The minimum Gasteiger partial charge on any atom is -0.507 e. The Kier molecular flexibility index (Phi) is 6.40. The van der Waals surface area contributed by atoms with Crippen LogP contribution in [0.25, 0.3) is 16.7 Å². The number of ketones is 1. The van der Waals surface area contributed by atoms with Gasteiger partial charge in [0.25, 0.3) is 11.7 Å². The Hall–Kier alpha value is -4.59. The Bertz CT molecular complexity index is 1510. The summed E-state index contributed by atoms with van der Waals surface area (Å²) in [5, 5.41) is 12.1. The van der Waals surface area contributed by atoms with Gasteiger partial charge in [-0.2, -0.15) is 0 Å². The lowest BCUT2D eigenvalue weighted by Crippen LogP contribution is -2.31. The van der Waals surface area contributed by atoms with Crippen molar-refractivity contribution in [1.82, 2.24) is 9.88 Å². The van der Waals surface area contributed by atoms with Gasteiger partial charge in [0.05, 0.1) is 25.8 Å². The molecule has 1 saturated heterocycles. The Labute approximate surface area is 212 Å². The molecule has 1 aliphatic heterocycles. The topological polar surface area (TPSA) is 91.9 Å². The normalized spacial score (nSPS) is 16.9. The number of Topliss-reactive ketones (excluding diaryl/α,β-unsaturated/α-hetero) is 1. The first-order chi connectivity index (χ1) is 17.9. The van der Waals surface area contributed by atoms with Gasteiger partial charge in [-0.3, -0.25) is 9.59 Å². The summed E-state index contributed by atoms with van der Waals surface area (Å²) < 4.78 is 24.1. The summed E-state index contributed by atoms with van der Waals surface area (Å²) in [5.41, 5.74) is 2.75. The van der Waals surface area contributed by atoms with Crippen molar-refractivity contribution < 1.29 is 28.6 Å². The van der Waals surface area contributed by atoms with Crippen LogP contribution in [-0.2, 0) is 16.0 Å². The molecule has 37 heavy (non-hydrogen) atoms. The van der Waals surface area contributed by atoms with Crippen molar-refractivity contribution in [3.8, 4) is 11.5 Å². The standard InChI is InChI=1S/C29H25FN2O5/c1-36-21-9-5-17(6-10-21)26-25(27(33)18-3-7-20(30)8-4-18)28(34)29(35)32(26)14-13-19-16-31-24-12-11-22(37-2)15-23(19)24/h3-12,15-16,26,31,33H,13-14H2,1-2H3/t26-/m0/s1. The molecular weight excluding hydrogens is 475 g/mol. The third-order valence-electron chi connectivity index (χ3n) is 6.69. The third-order valence-corrected chi connectivity index (χ3v) is 6.69. The van der Waals surface area contributed by atoms with Gasteiger partial charge in [-0.05, 0) is 72.1 Å². The van der Waals surface area contributed by atoms with Crippen molar-refractivity contribution in [1.29, 1.82) is 0 Å². The molecule has 0 radical (unpaired) electrons. The molecule has 0 saturated carbocycles. The molecule has 1 atom stereocenters. The van der Waals surface area contributed by atoms with Crippen LogP contribution in [0.5, 0.6) is 11.5 Å². The number of methoxy groups -OCH3 is 2. The number of aromatic amines is 1.